The van der Waals surface area contributed by atoms with Gasteiger partial charge in [-0.05, 0) is 12.5 Å². The Morgan fingerprint density at radius 1 is 1.00 bits per heavy atom. The van der Waals surface area contributed by atoms with Crippen molar-refractivity contribution < 1.29 is 124 Å². The van der Waals surface area contributed by atoms with Crippen LogP contribution < -0.4 is 118 Å². The Labute approximate surface area is 175 Å². The van der Waals surface area contributed by atoms with Crippen LogP contribution in [0, 0.1) is 0 Å². The molecule has 0 saturated heterocycles. The first-order valence-corrected chi connectivity index (χ1v) is 3.01. The van der Waals surface area contributed by atoms with Gasteiger partial charge in [0.05, 0.1) is 0 Å². The molecule has 1 aromatic rings. The molecule has 0 saturated carbocycles. The summed E-state index contributed by atoms with van der Waals surface area (Å²) < 4.78 is 0. The van der Waals surface area contributed by atoms with E-state index in [9.17, 15) is 0 Å². The summed E-state index contributed by atoms with van der Waals surface area (Å²) in [5.41, 5.74) is 2.34. The van der Waals surface area contributed by atoms with E-state index in [1.165, 1.54) is 5.56 Å². The van der Waals surface area contributed by atoms with Crippen LogP contribution in [0.5, 0.6) is 0 Å². The first-order chi connectivity index (χ1) is 4.30. The molecule has 0 amide bonds. The number of benzene rings is 1. The maximum absolute atomic E-state index is 3.83. The van der Waals surface area contributed by atoms with E-state index >= 15 is 0 Å². The molecule has 0 spiro atoms. The van der Waals surface area contributed by atoms with Gasteiger partial charge in [0.2, 0.25) is 0 Å². The van der Waals surface area contributed by atoms with Gasteiger partial charge in [0.1, 0.15) is 0 Å². The second-order valence-corrected chi connectivity index (χ2v) is 2.15. The average molecular weight is 214 g/mol. The smallest absolute Gasteiger partial charge is 1.00 e. The van der Waals surface area contributed by atoms with E-state index in [1.54, 1.807) is 0 Å². The summed E-state index contributed by atoms with van der Waals surface area (Å²) in [6.07, 6.45) is 0. The van der Waals surface area contributed by atoms with E-state index in [-0.39, 0.29) is 124 Å². The number of hydrogen-bond acceptors (Lipinski definition) is 0. The molecule has 1 aromatic carbocycles. The molecule has 0 fully saturated rings. The van der Waals surface area contributed by atoms with Crippen LogP contribution in [0.2, 0.25) is 0 Å². The van der Waals surface area contributed by atoms with Crippen molar-refractivity contribution in [3.8, 4) is 0 Å². The summed E-state index contributed by atoms with van der Waals surface area (Å²) in [6, 6.07) is 10.2. The van der Waals surface area contributed by atoms with Crippen molar-refractivity contribution in [2.24, 2.45) is 0 Å². The van der Waals surface area contributed by atoms with Crippen molar-refractivity contribution in [3.05, 3.63) is 42.5 Å². The van der Waals surface area contributed by atoms with Crippen molar-refractivity contribution in [1.82, 2.24) is 0 Å². The summed E-state index contributed by atoms with van der Waals surface area (Å²) in [7, 11) is 0. The molecule has 0 bridgehead atoms. The third-order valence-corrected chi connectivity index (χ3v) is 1.27. The molecule has 0 aliphatic heterocycles. The summed E-state index contributed by atoms with van der Waals surface area (Å²) in [4.78, 5) is 0. The molecule has 0 unspecified atom stereocenters. The molecule has 0 atom stereocenters. The second kappa shape index (κ2) is 15.0. The molecular weight excluding hydrogens is 200 g/mol. The van der Waals surface area contributed by atoms with Crippen LogP contribution in [-0.4, -0.2) is 0 Å². The largest absolute Gasteiger partial charge is 1.00 e. The Morgan fingerprint density at radius 3 is 1.62 bits per heavy atom. The van der Waals surface area contributed by atoms with E-state index in [1.807, 2.05) is 25.1 Å². The van der Waals surface area contributed by atoms with E-state index in [0.717, 1.165) is 5.57 Å². The third kappa shape index (κ3) is 11.2. The standard InChI is InChI=1S/C9H10.4Na.4H/c1-8(2)9-6-4-3-5-7-9;;;;;;;;/h3-7H,1H2,2H3;;;;;;;;/q;4*+1;4*-1. The summed E-state index contributed by atoms with van der Waals surface area (Å²) in [6.45, 7) is 5.83. The fraction of sp³-hybridized carbons (Fsp3) is 0.111. The Hall–Kier alpha value is 2.96. The Bertz CT molecular complexity index is 221. The molecule has 0 aliphatic rings. The quantitative estimate of drug-likeness (QED) is 0.407. The predicted molar refractivity (Wildman–Crippen MR) is 45.6 cm³/mol. The van der Waals surface area contributed by atoms with Gasteiger partial charge in [-0.2, -0.15) is 0 Å². The fourth-order valence-electron chi connectivity index (χ4n) is 0.723. The van der Waals surface area contributed by atoms with Crippen LogP contribution in [0.1, 0.15) is 18.2 Å². The number of rotatable bonds is 1. The second-order valence-electron chi connectivity index (χ2n) is 2.15. The minimum absolute atomic E-state index is 0. The first-order valence-electron chi connectivity index (χ1n) is 3.01. The molecule has 0 aliphatic carbocycles. The van der Waals surface area contributed by atoms with Crippen molar-refractivity contribution in [2.75, 3.05) is 0 Å². The molecular formula is C9H14Na4. The van der Waals surface area contributed by atoms with Gasteiger partial charge in [-0.25, -0.2) is 0 Å². The minimum atomic E-state index is 0. The molecule has 4 heteroatoms. The van der Waals surface area contributed by atoms with Crippen molar-refractivity contribution >= 4 is 5.57 Å². The van der Waals surface area contributed by atoms with Gasteiger partial charge in [-0.1, -0.05) is 42.5 Å². The summed E-state index contributed by atoms with van der Waals surface area (Å²) >= 11 is 0. The monoisotopic (exact) mass is 214 g/mol. The third-order valence-electron chi connectivity index (χ3n) is 1.27. The average Bonchev–Trinajstić information content (AvgIpc) is 1.90. The van der Waals surface area contributed by atoms with Crippen molar-refractivity contribution in [3.63, 3.8) is 0 Å². The predicted octanol–water partition coefficient (Wildman–Crippen LogP) is -8.81. The minimum Gasteiger partial charge on any atom is -1.00 e. The van der Waals surface area contributed by atoms with Crippen LogP contribution in [0.15, 0.2) is 36.9 Å². The van der Waals surface area contributed by atoms with Gasteiger partial charge in [-0.3, -0.25) is 0 Å². The van der Waals surface area contributed by atoms with Gasteiger partial charge in [-0.15, -0.1) is 0 Å². The Balaban J connectivity index is -0.0000000169. The zero-order valence-corrected chi connectivity index (χ0v) is 17.6. The van der Waals surface area contributed by atoms with Crippen LogP contribution in [-0.2, 0) is 0 Å². The number of allylic oxidation sites excluding steroid dienone is 1. The zero-order chi connectivity index (χ0) is 6.69. The Kier molecular flexibility index (Phi) is 28.7. The van der Waals surface area contributed by atoms with Gasteiger partial charge >= 0.3 is 118 Å². The molecule has 0 aromatic heterocycles. The maximum atomic E-state index is 3.83. The maximum Gasteiger partial charge on any atom is 1.00 e. The number of hydrogen-bond donors (Lipinski definition) is 0. The van der Waals surface area contributed by atoms with E-state index in [2.05, 4.69) is 18.7 Å². The zero-order valence-electron chi connectivity index (χ0n) is 13.6. The molecule has 0 radical (unpaired) electrons. The fourth-order valence-corrected chi connectivity index (χ4v) is 0.723. The summed E-state index contributed by atoms with van der Waals surface area (Å²) in [5.74, 6) is 0. The van der Waals surface area contributed by atoms with Crippen molar-refractivity contribution in [2.45, 2.75) is 6.92 Å². The molecule has 0 heterocycles. The van der Waals surface area contributed by atoms with E-state index in [4.69, 9.17) is 0 Å². The van der Waals surface area contributed by atoms with E-state index < -0.39 is 0 Å². The van der Waals surface area contributed by atoms with Crippen LogP contribution in [0.3, 0.4) is 0 Å². The van der Waals surface area contributed by atoms with Gasteiger partial charge < -0.3 is 5.71 Å². The molecule has 13 heavy (non-hydrogen) atoms. The van der Waals surface area contributed by atoms with Crippen LogP contribution in [0.4, 0.5) is 0 Å². The van der Waals surface area contributed by atoms with Gasteiger partial charge in [0.25, 0.3) is 0 Å². The first kappa shape index (κ1) is 25.0. The van der Waals surface area contributed by atoms with Gasteiger partial charge in [0, 0.05) is 0 Å². The summed E-state index contributed by atoms with van der Waals surface area (Å²) in [5, 5.41) is 0. The normalized spacial score (nSPS) is 6.23. The van der Waals surface area contributed by atoms with Gasteiger partial charge in [0.15, 0.2) is 0 Å². The SMILES string of the molecule is C=C(C)c1ccccc1.[H-].[H-].[H-].[H-].[Na+].[Na+].[Na+].[Na+]. The topological polar surface area (TPSA) is 0 Å². The van der Waals surface area contributed by atoms with E-state index in [0.29, 0.717) is 0 Å². The van der Waals surface area contributed by atoms with Crippen LogP contribution >= 0.6 is 0 Å². The van der Waals surface area contributed by atoms with Crippen molar-refractivity contribution in [1.29, 1.82) is 0 Å². The Morgan fingerprint density at radius 2 is 1.38 bits per heavy atom. The molecule has 0 N–H and O–H groups in total. The molecule has 1 rings (SSSR count). The molecule has 54 valence electrons. The molecule has 0 nitrogen and oxygen atoms in total. The van der Waals surface area contributed by atoms with Crippen LogP contribution in [0.25, 0.3) is 5.57 Å².